The Hall–Kier alpha value is -2.00. The fourth-order valence-corrected chi connectivity index (χ4v) is 2.41. The number of nitrogens with two attached hydrogens (primary N) is 1. The third-order valence-corrected chi connectivity index (χ3v) is 3.40. The van der Waals surface area contributed by atoms with Crippen LogP contribution in [0.5, 0.6) is 0 Å². The van der Waals surface area contributed by atoms with Crippen LogP contribution in [-0.2, 0) is 16.6 Å². The van der Waals surface area contributed by atoms with Gasteiger partial charge < -0.3 is 4.98 Å². The average Bonchev–Trinajstić information content (AvgIpc) is 2.72. The van der Waals surface area contributed by atoms with Gasteiger partial charge in [0.2, 0.25) is 0 Å². The molecule has 9 heteroatoms. The first-order valence-electron chi connectivity index (χ1n) is 5.50. The minimum Gasteiger partial charge on any atom is -0.364 e. The molecule has 0 atom stereocenters. The quantitative estimate of drug-likeness (QED) is 0.793. The summed E-state index contributed by atoms with van der Waals surface area (Å²) in [7, 11) is -3.98. The minimum atomic E-state index is -3.98. The Labute approximate surface area is 109 Å². The Morgan fingerprint density at radius 1 is 1.42 bits per heavy atom. The molecule has 0 spiro atoms. The number of sulfonamides is 1. The number of hydrogen-bond donors (Lipinski definition) is 2. The van der Waals surface area contributed by atoms with Crippen molar-refractivity contribution in [2.45, 2.75) is 25.5 Å². The van der Waals surface area contributed by atoms with Gasteiger partial charge in [-0.1, -0.05) is 0 Å². The summed E-state index contributed by atoms with van der Waals surface area (Å²) in [5.41, 5.74) is 0.678. The van der Waals surface area contributed by atoms with Crippen LogP contribution in [0, 0.1) is 6.92 Å². The Morgan fingerprint density at radius 2 is 2.11 bits per heavy atom. The molecule has 8 nitrogen and oxygen atoms in total. The van der Waals surface area contributed by atoms with Gasteiger partial charge in [-0.15, -0.1) is 10.2 Å². The van der Waals surface area contributed by atoms with E-state index < -0.39 is 10.0 Å². The molecule has 0 unspecified atom stereocenters. The minimum absolute atomic E-state index is 0.174. The maximum Gasteiger partial charge on any atom is 0.273 e. The molecule has 19 heavy (non-hydrogen) atoms. The van der Waals surface area contributed by atoms with Crippen LogP contribution in [-0.4, -0.2) is 28.2 Å². The molecule has 102 valence electrons. The maximum atomic E-state index is 11.9. The zero-order valence-electron chi connectivity index (χ0n) is 10.4. The molecule has 0 aliphatic rings. The molecule has 0 aromatic carbocycles. The summed E-state index contributed by atoms with van der Waals surface area (Å²) in [4.78, 5) is 14.8. The molecule has 0 saturated heterocycles. The first kappa shape index (κ1) is 13.4. The third kappa shape index (κ3) is 2.42. The van der Waals surface area contributed by atoms with Gasteiger partial charge >= 0.3 is 0 Å². The second-order valence-corrected chi connectivity index (χ2v) is 5.44. The molecule has 2 aromatic heterocycles. The van der Waals surface area contributed by atoms with Gasteiger partial charge in [-0.2, -0.15) is 0 Å². The monoisotopic (exact) mass is 283 g/mol. The van der Waals surface area contributed by atoms with E-state index in [1.807, 2.05) is 0 Å². The predicted molar refractivity (Wildman–Crippen MR) is 67.9 cm³/mol. The van der Waals surface area contributed by atoms with E-state index in [4.69, 9.17) is 5.14 Å². The number of nitrogens with zero attached hydrogens (tertiary/aromatic N) is 3. The standard InChI is InChI=1S/C10H13N5O3S/c1-3-15-9(13-14-10(15)19(11,17)18)7-5-12-6(2)4-8(7)16/h4-5H,3H2,1-2H3,(H,12,16)(H2,11,17,18). The fraction of sp³-hybridized carbons (Fsp3) is 0.300. The maximum absolute atomic E-state index is 11.9. The lowest BCUT2D eigenvalue weighted by molar-refractivity contribution is 0.570. The van der Waals surface area contributed by atoms with E-state index in [-0.39, 0.29) is 28.5 Å². The summed E-state index contributed by atoms with van der Waals surface area (Å²) < 4.78 is 24.0. The van der Waals surface area contributed by atoms with E-state index in [9.17, 15) is 13.2 Å². The summed E-state index contributed by atoms with van der Waals surface area (Å²) in [6, 6.07) is 1.40. The highest BCUT2D eigenvalue weighted by molar-refractivity contribution is 7.89. The van der Waals surface area contributed by atoms with Crippen molar-refractivity contribution in [1.29, 1.82) is 0 Å². The van der Waals surface area contributed by atoms with Gasteiger partial charge in [0, 0.05) is 24.5 Å². The van der Waals surface area contributed by atoms with Crippen LogP contribution in [0.3, 0.4) is 0 Å². The number of rotatable bonds is 3. The molecule has 3 N–H and O–H groups in total. The van der Waals surface area contributed by atoms with Gasteiger partial charge in [0.15, 0.2) is 11.3 Å². The van der Waals surface area contributed by atoms with E-state index in [1.165, 1.54) is 16.8 Å². The zero-order chi connectivity index (χ0) is 14.2. The van der Waals surface area contributed by atoms with Gasteiger partial charge in [0.1, 0.15) is 0 Å². The molecule has 0 amide bonds. The third-order valence-electron chi connectivity index (χ3n) is 2.59. The smallest absolute Gasteiger partial charge is 0.273 e. The molecule has 2 heterocycles. The summed E-state index contributed by atoms with van der Waals surface area (Å²) >= 11 is 0. The van der Waals surface area contributed by atoms with Gasteiger partial charge in [-0.3, -0.25) is 9.36 Å². The van der Waals surface area contributed by atoms with E-state index in [1.54, 1.807) is 13.8 Å². The van der Waals surface area contributed by atoms with Crippen molar-refractivity contribution in [2.75, 3.05) is 0 Å². The van der Waals surface area contributed by atoms with Gasteiger partial charge in [0.05, 0.1) is 5.56 Å². The lowest BCUT2D eigenvalue weighted by atomic mass is 10.2. The normalized spacial score (nSPS) is 11.7. The number of aromatic nitrogens is 4. The molecule has 2 rings (SSSR count). The second-order valence-electron chi connectivity index (χ2n) is 3.99. The van der Waals surface area contributed by atoms with Crippen molar-refractivity contribution >= 4 is 10.0 Å². The topological polar surface area (TPSA) is 124 Å². The van der Waals surface area contributed by atoms with Crippen LogP contribution in [0.2, 0.25) is 0 Å². The summed E-state index contributed by atoms with van der Waals surface area (Å²) in [6.07, 6.45) is 1.47. The molecular formula is C10H13N5O3S. The van der Waals surface area contributed by atoms with Crippen LogP contribution in [0.4, 0.5) is 0 Å². The summed E-state index contributed by atoms with van der Waals surface area (Å²) in [5, 5.41) is 12.0. The zero-order valence-corrected chi connectivity index (χ0v) is 11.2. The van der Waals surface area contributed by atoms with Crippen molar-refractivity contribution in [1.82, 2.24) is 19.7 Å². The van der Waals surface area contributed by atoms with E-state index in [0.29, 0.717) is 5.69 Å². The van der Waals surface area contributed by atoms with Gasteiger partial charge in [0.25, 0.3) is 15.2 Å². The van der Waals surface area contributed by atoms with Crippen molar-refractivity contribution in [3.63, 3.8) is 0 Å². The Bertz CT molecular complexity index is 775. The number of aryl methyl sites for hydroxylation is 1. The van der Waals surface area contributed by atoms with E-state index in [0.717, 1.165) is 0 Å². The summed E-state index contributed by atoms with van der Waals surface area (Å²) in [5.74, 6) is 0.174. The van der Waals surface area contributed by atoms with Gasteiger partial charge in [-0.25, -0.2) is 13.6 Å². The molecule has 0 aliphatic heterocycles. The second kappa shape index (κ2) is 4.59. The highest BCUT2D eigenvalue weighted by Gasteiger charge is 2.22. The number of hydrogen-bond acceptors (Lipinski definition) is 5. The SMILES string of the molecule is CCn1c(-c2c[nH]c(C)cc2=O)nnc1S(N)(=O)=O. The highest BCUT2D eigenvalue weighted by Crippen LogP contribution is 2.16. The molecular weight excluding hydrogens is 270 g/mol. The van der Waals surface area contributed by atoms with E-state index in [2.05, 4.69) is 15.2 Å². The molecule has 0 fully saturated rings. The van der Waals surface area contributed by atoms with Crippen LogP contribution in [0.1, 0.15) is 12.6 Å². The Kier molecular flexibility index (Phi) is 3.25. The molecule has 0 radical (unpaired) electrons. The Morgan fingerprint density at radius 3 is 2.63 bits per heavy atom. The first-order chi connectivity index (χ1) is 8.84. The van der Waals surface area contributed by atoms with Crippen molar-refractivity contribution in [3.8, 4) is 11.4 Å². The van der Waals surface area contributed by atoms with Crippen LogP contribution < -0.4 is 10.6 Å². The number of pyridine rings is 1. The van der Waals surface area contributed by atoms with Crippen LogP contribution >= 0.6 is 0 Å². The lowest BCUT2D eigenvalue weighted by Crippen LogP contribution is -2.19. The highest BCUT2D eigenvalue weighted by atomic mass is 32.2. The van der Waals surface area contributed by atoms with Crippen molar-refractivity contribution < 1.29 is 8.42 Å². The van der Waals surface area contributed by atoms with Crippen molar-refractivity contribution in [2.24, 2.45) is 5.14 Å². The number of nitrogens with one attached hydrogen (secondary N) is 1. The largest absolute Gasteiger partial charge is 0.364 e. The predicted octanol–water partition coefficient (Wildman–Crippen LogP) is -0.391. The lowest BCUT2D eigenvalue weighted by Gasteiger charge is -2.05. The number of primary sulfonamides is 1. The first-order valence-corrected chi connectivity index (χ1v) is 7.05. The molecule has 0 bridgehead atoms. The van der Waals surface area contributed by atoms with E-state index >= 15 is 0 Å². The fourth-order valence-electron chi connectivity index (χ4n) is 1.73. The average molecular weight is 283 g/mol. The van der Waals surface area contributed by atoms with Gasteiger partial charge in [-0.05, 0) is 13.8 Å². The van der Waals surface area contributed by atoms with Crippen molar-refractivity contribution in [3.05, 3.63) is 28.2 Å². The number of H-pyrrole nitrogens is 1. The molecule has 0 aliphatic carbocycles. The Balaban J connectivity index is 2.71. The molecule has 0 saturated carbocycles. The summed E-state index contributed by atoms with van der Waals surface area (Å²) in [6.45, 7) is 3.73. The van der Waals surface area contributed by atoms with Crippen LogP contribution in [0.25, 0.3) is 11.4 Å². The van der Waals surface area contributed by atoms with Crippen LogP contribution in [0.15, 0.2) is 22.2 Å². The molecule has 2 aromatic rings. The number of aromatic amines is 1.